The Morgan fingerprint density at radius 3 is 2.48 bits per heavy atom. The molecule has 0 aliphatic carbocycles. The standard InChI is InChI=1S/C18H23N3O2/c1-3-23-17-9-8-16(14-6-4-5-7-15(14)17)18(22)19-21-12-10-20(2)11-13-21/h4-9H,3,10-13H2,1-2H3,(H,19,22). The molecule has 3 rings (SSSR count). The van der Waals surface area contributed by atoms with Crippen molar-refractivity contribution >= 4 is 16.7 Å². The lowest BCUT2D eigenvalue weighted by molar-refractivity contribution is 0.0664. The number of amides is 1. The molecule has 0 atom stereocenters. The van der Waals surface area contributed by atoms with Crippen molar-refractivity contribution in [3.63, 3.8) is 0 Å². The minimum Gasteiger partial charge on any atom is -0.493 e. The van der Waals surface area contributed by atoms with Crippen LogP contribution in [-0.4, -0.2) is 55.6 Å². The van der Waals surface area contributed by atoms with E-state index >= 15 is 0 Å². The molecule has 1 fully saturated rings. The van der Waals surface area contributed by atoms with Gasteiger partial charge in [0, 0.05) is 37.1 Å². The van der Waals surface area contributed by atoms with Gasteiger partial charge in [0.1, 0.15) is 5.75 Å². The molecule has 1 aliphatic heterocycles. The molecule has 1 aliphatic rings. The Morgan fingerprint density at radius 2 is 1.78 bits per heavy atom. The van der Waals surface area contributed by atoms with Gasteiger partial charge < -0.3 is 9.64 Å². The first-order chi connectivity index (χ1) is 11.2. The third-order valence-electron chi connectivity index (χ3n) is 4.19. The second-order valence-electron chi connectivity index (χ2n) is 5.82. The number of likely N-dealkylation sites (N-methyl/N-ethyl adjacent to an activating group) is 1. The minimum absolute atomic E-state index is 0.0613. The number of hydrazine groups is 1. The fourth-order valence-corrected chi connectivity index (χ4v) is 2.87. The van der Waals surface area contributed by atoms with Crippen LogP contribution in [0.15, 0.2) is 36.4 Å². The third kappa shape index (κ3) is 3.46. The van der Waals surface area contributed by atoms with E-state index in [9.17, 15) is 4.79 Å². The minimum atomic E-state index is -0.0613. The summed E-state index contributed by atoms with van der Waals surface area (Å²) >= 11 is 0. The Hall–Kier alpha value is -2.11. The van der Waals surface area contributed by atoms with E-state index in [-0.39, 0.29) is 5.91 Å². The number of benzene rings is 2. The molecule has 1 N–H and O–H groups in total. The molecule has 5 heteroatoms. The zero-order chi connectivity index (χ0) is 16.2. The second-order valence-corrected chi connectivity index (χ2v) is 5.82. The number of rotatable bonds is 4. The molecule has 2 aromatic carbocycles. The van der Waals surface area contributed by atoms with Crippen molar-refractivity contribution in [1.82, 2.24) is 15.3 Å². The summed E-state index contributed by atoms with van der Waals surface area (Å²) in [5.74, 6) is 0.757. The van der Waals surface area contributed by atoms with E-state index in [1.807, 2.05) is 48.3 Å². The van der Waals surface area contributed by atoms with Gasteiger partial charge in [0.15, 0.2) is 0 Å². The van der Waals surface area contributed by atoms with E-state index in [1.54, 1.807) is 0 Å². The first-order valence-electron chi connectivity index (χ1n) is 8.08. The van der Waals surface area contributed by atoms with E-state index in [1.165, 1.54) is 0 Å². The molecule has 2 aromatic rings. The molecule has 0 spiro atoms. The van der Waals surface area contributed by atoms with Crippen LogP contribution in [0.3, 0.4) is 0 Å². The molecule has 0 radical (unpaired) electrons. The quantitative estimate of drug-likeness (QED) is 0.939. The lowest BCUT2D eigenvalue weighted by atomic mass is 10.0. The van der Waals surface area contributed by atoms with Crippen LogP contribution in [0.5, 0.6) is 5.75 Å². The Bertz CT molecular complexity index is 694. The van der Waals surface area contributed by atoms with E-state index in [4.69, 9.17) is 4.74 Å². The largest absolute Gasteiger partial charge is 0.493 e. The molecule has 5 nitrogen and oxygen atoms in total. The fraction of sp³-hybridized carbons (Fsp3) is 0.389. The predicted molar refractivity (Wildman–Crippen MR) is 91.7 cm³/mol. The highest BCUT2D eigenvalue weighted by Crippen LogP contribution is 2.28. The van der Waals surface area contributed by atoms with E-state index < -0.39 is 0 Å². The van der Waals surface area contributed by atoms with Crippen LogP contribution in [0.4, 0.5) is 0 Å². The second kappa shape index (κ2) is 6.98. The highest BCUT2D eigenvalue weighted by atomic mass is 16.5. The number of fused-ring (bicyclic) bond motifs is 1. The number of piperazine rings is 1. The van der Waals surface area contributed by atoms with Crippen LogP contribution in [0.25, 0.3) is 10.8 Å². The molecule has 122 valence electrons. The van der Waals surface area contributed by atoms with Gasteiger partial charge >= 0.3 is 0 Å². The summed E-state index contributed by atoms with van der Waals surface area (Å²) in [6, 6.07) is 11.6. The first-order valence-corrected chi connectivity index (χ1v) is 8.08. The smallest absolute Gasteiger partial charge is 0.266 e. The summed E-state index contributed by atoms with van der Waals surface area (Å²) in [5, 5.41) is 3.89. The van der Waals surface area contributed by atoms with Crippen LogP contribution in [0.2, 0.25) is 0 Å². The maximum Gasteiger partial charge on any atom is 0.266 e. The van der Waals surface area contributed by atoms with Crippen molar-refractivity contribution in [2.75, 3.05) is 39.8 Å². The molecule has 0 aromatic heterocycles. The van der Waals surface area contributed by atoms with Crippen molar-refractivity contribution in [3.8, 4) is 5.75 Å². The number of hydrogen-bond donors (Lipinski definition) is 1. The molecule has 23 heavy (non-hydrogen) atoms. The zero-order valence-corrected chi connectivity index (χ0v) is 13.7. The van der Waals surface area contributed by atoms with Gasteiger partial charge in [0.25, 0.3) is 5.91 Å². The Labute approximate surface area is 136 Å². The lowest BCUT2D eigenvalue weighted by Gasteiger charge is -2.32. The highest BCUT2D eigenvalue weighted by Gasteiger charge is 2.18. The van der Waals surface area contributed by atoms with E-state index in [0.717, 1.165) is 42.7 Å². The molecule has 0 bridgehead atoms. The van der Waals surface area contributed by atoms with Gasteiger partial charge in [0.05, 0.1) is 6.61 Å². The van der Waals surface area contributed by atoms with Crippen LogP contribution in [0, 0.1) is 0 Å². The topological polar surface area (TPSA) is 44.8 Å². The summed E-state index contributed by atoms with van der Waals surface area (Å²) < 4.78 is 5.67. The molecular weight excluding hydrogens is 290 g/mol. The monoisotopic (exact) mass is 313 g/mol. The van der Waals surface area contributed by atoms with Crippen LogP contribution in [0.1, 0.15) is 17.3 Å². The maximum absolute atomic E-state index is 12.7. The van der Waals surface area contributed by atoms with Crippen molar-refractivity contribution < 1.29 is 9.53 Å². The SMILES string of the molecule is CCOc1ccc(C(=O)NN2CCN(C)CC2)c2ccccc12. The van der Waals surface area contributed by atoms with Gasteiger partial charge in [-0.2, -0.15) is 0 Å². The number of ether oxygens (including phenoxy) is 1. The average molecular weight is 313 g/mol. The van der Waals surface area contributed by atoms with Crippen molar-refractivity contribution in [3.05, 3.63) is 42.0 Å². The summed E-state index contributed by atoms with van der Waals surface area (Å²) in [6.07, 6.45) is 0. The van der Waals surface area contributed by atoms with E-state index in [0.29, 0.717) is 12.2 Å². The summed E-state index contributed by atoms with van der Waals surface area (Å²) in [4.78, 5) is 14.9. The summed E-state index contributed by atoms with van der Waals surface area (Å²) in [7, 11) is 2.10. The number of nitrogens with one attached hydrogen (secondary N) is 1. The first kappa shape index (κ1) is 15.8. The molecule has 1 amide bonds. The number of carbonyl (C=O) groups excluding carboxylic acids is 1. The summed E-state index contributed by atoms with van der Waals surface area (Å²) in [6.45, 7) is 6.18. The van der Waals surface area contributed by atoms with Crippen LogP contribution >= 0.6 is 0 Å². The summed E-state index contributed by atoms with van der Waals surface area (Å²) in [5.41, 5.74) is 3.71. The molecule has 0 saturated carbocycles. The highest BCUT2D eigenvalue weighted by molar-refractivity contribution is 6.08. The maximum atomic E-state index is 12.7. The Morgan fingerprint density at radius 1 is 1.09 bits per heavy atom. The normalized spacial score (nSPS) is 16.4. The van der Waals surface area contributed by atoms with Crippen molar-refractivity contribution in [2.24, 2.45) is 0 Å². The lowest BCUT2D eigenvalue weighted by Crippen LogP contribution is -2.52. The molecule has 0 unspecified atom stereocenters. The third-order valence-corrected chi connectivity index (χ3v) is 4.19. The number of hydrogen-bond acceptors (Lipinski definition) is 4. The van der Waals surface area contributed by atoms with Crippen LogP contribution < -0.4 is 10.2 Å². The Balaban J connectivity index is 1.84. The predicted octanol–water partition coefficient (Wildman–Crippen LogP) is 2.13. The van der Waals surface area contributed by atoms with Crippen molar-refractivity contribution in [1.29, 1.82) is 0 Å². The molecule has 1 saturated heterocycles. The van der Waals surface area contributed by atoms with Gasteiger partial charge in [-0.15, -0.1) is 0 Å². The van der Waals surface area contributed by atoms with Crippen molar-refractivity contribution in [2.45, 2.75) is 6.92 Å². The Kier molecular flexibility index (Phi) is 4.79. The molecular formula is C18H23N3O2. The van der Waals surface area contributed by atoms with Gasteiger partial charge in [-0.05, 0) is 31.5 Å². The van der Waals surface area contributed by atoms with Gasteiger partial charge in [0.2, 0.25) is 0 Å². The molecule has 1 heterocycles. The van der Waals surface area contributed by atoms with Gasteiger partial charge in [-0.1, -0.05) is 24.3 Å². The zero-order valence-electron chi connectivity index (χ0n) is 13.7. The number of nitrogens with zero attached hydrogens (tertiary/aromatic N) is 2. The van der Waals surface area contributed by atoms with Crippen LogP contribution in [-0.2, 0) is 0 Å². The van der Waals surface area contributed by atoms with E-state index in [2.05, 4.69) is 17.4 Å². The number of carbonyl (C=O) groups is 1. The van der Waals surface area contributed by atoms with Gasteiger partial charge in [-0.25, -0.2) is 5.01 Å². The van der Waals surface area contributed by atoms with Gasteiger partial charge in [-0.3, -0.25) is 10.2 Å². The fourth-order valence-electron chi connectivity index (χ4n) is 2.87. The average Bonchev–Trinajstić information content (AvgIpc) is 2.57.